The quantitative estimate of drug-likeness (QED) is 0.509. The van der Waals surface area contributed by atoms with E-state index >= 15 is 0 Å². The van der Waals surface area contributed by atoms with Gasteiger partial charge in [-0.05, 0) is 25.2 Å². The van der Waals surface area contributed by atoms with Crippen molar-refractivity contribution in [3.8, 4) is 10.6 Å². The molecule has 2 heterocycles. The molecule has 0 saturated heterocycles. The van der Waals surface area contributed by atoms with Gasteiger partial charge in [-0.1, -0.05) is 25.2 Å². The van der Waals surface area contributed by atoms with Crippen molar-refractivity contribution in [1.82, 2.24) is 24.7 Å². The lowest BCUT2D eigenvalue weighted by Gasteiger charge is -2.15. The summed E-state index contributed by atoms with van der Waals surface area (Å²) in [5, 5.41) is 24.4. The minimum absolute atomic E-state index is 0.0685. The predicted molar refractivity (Wildman–Crippen MR) is 87.4 cm³/mol. The zero-order valence-corrected chi connectivity index (χ0v) is 13.7. The lowest BCUT2D eigenvalue weighted by atomic mass is 10.2. The second-order valence-electron chi connectivity index (χ2n) is 4.98. The van der Waals surface area contributed by atoms with Gasteiger partial charge in [-0.25, -0.2) is 0 Å². The zero-order chi connectivity index (χ0) is 16.4. The molecular formula is C14H16N6O2S. The highest BCUT2D eigenvalue weighted by Crippen LogP contribution is 2.27. The fraction of sp³-hybridized carbons (Fsp3) is 0.357. The van der Waals surface area contributed by atoms with Crippen molar-refractivity contribution >= 4 is 22.0 Å². The van der Waals surface area contributed by atoms with Crippen LogP contribution in [0.25, 0.3) is 15.5 Å². The molecule has 3 rings (SSSR count). The summed E-state index contributed by atoms with van der Waals surface area (Å²) in [6, 6.07) is 6.37. The molecular weight excluding hydrogens is 316 g/mol. The average Bonchev–Trinajstić information content (AvgIpc) is 3.14. The van der Waals surface area contributed by atoms with E-state index in [-0.39, 0.29) is 5.69 Å². The van der Waals surface area contributed by atoms with Crippen LogP contribution in [0.3, 0.4) is 0 Å². The Morgan fingerprint density at radius 1 is 1.22 bits per heavy atom. The SMILES string of the molecule is CCN(CC)Cc1nnc2sc(-c3ccc([N+](=O)[O-])cc3)nn12. The van der Waals surface area contributed by atoms with E-state index in [1.807, 2.05) is 0 Å². The highest BCUT2D eigenvalue weighted by molar-refractivity contribution is 7.19. The maximum atomic E-state index is 10.7. The van der Waals surface area contributed by atoms with Crippen molar-refractivity contribution in [2.24, 2.45) is 0 Å². The van der Waals surface area contributed by atoms with Crippen LogP contribution in [0.2, 0.25) is 0 Å². The molecule has 0 aliphatic carbocycles. The Labute approximate surface area is 136 Å². The summed E-state index contributed by atoms with van der Waals surface area (Å²) in [4.78, 5) is 13.3. The summed E-state index contributed by atoms with van der Waals surface area (Å²) in [7, 11) is 0. The van der Waals surface area contributed by atoms with E-state index in [1.54, 1.807) is 16.6 Å². The van der Waals surface area contributed by atoms with Crippen molar-refractivity contribution in [3.63, 3.8) is 0 Å². The Balaban J connectivity index is 1.91. The number of fused-ring (bicyclic) bond motifs is 1. The number of nitrogens with zero attached hydrogens (tertiary/aromatic N) is 6. The van der Waals surface area contributed by atoms with E-state index in [0.29, 0.717) is 6.54 Å². The minimum atomic E-state index is -0.412. The Bertz CT molecular complexity index is 822. The molecule has 0 aliphatic heterocycles. The monoisotopic (exact) mass is 332 g/mol. The molecule has 3 aromatic rings. The number of aromatic nitrogens is 4. The van der Waals surface area contributed by atoms with E-state index in [9.17, 15) is 10.1 Å². The van der Waals surface area contributed by atoms with Gasteiger partial charge >= 0.3 is 0 Å². The third kappa shape index (κ3) is 3.06. The molecule has 0 atom stereocenters. The standard InChI is InChI=1S/C14H16N6O2S/c1-3-18(4-2)9-12-15-16-14-19(12)17-13(23-14)10-5-7-11(8-6-10)20(21)22/h5-8H,3-4,9H2,1-2H3. The molecule has 0 bridgehead atoms. The smallest absolute Gasteiger partial charge is 0.269 e. The summed E-state index contributed by atoms with van der Waals surface area (Å²) in [5.74, 6) is 0.799. The molecule has 0 aliphatic rings. The first-order valence-corrected chi connectivity index (χ1v) is 8.12. The van der Waals surface area contributed by atoms with Gasteiger partial charge in [-0.3, -0.25) is 15.0 Å². The Morgan fingerprint density at radius 2 is 1.91 bits per heavy atom. The highest BCUT2D eigenvalue weighted by atomic mass is 32.1. The van der Waals surface area contributed by atoms with Crippen molar-refractivity contribution < 1.29 is 4.92 Å². The van der Waals surface area contributed by atoms with Crippen LogP contribution in [0.4, 0.5) is 5.69 Å². The third-order valence-corrected chi connectivity index (χ3v) is 4.59. The van der Waals surface area contributed by atoms with Gasteiger partial charge in [0.1, 0.15) is 5.01 Å². The van der Waals surface area contributed by atoms with Crippen LogP contribution >= 0.6 is 11.3 Å². The van der Waals surface area contributed by atoms with Gasteiger partial charge in [0.05, 0.1) is 11.5 Å². The van der Waals surface area contributed by atoms with E-state index in [1.165, 1.54) is 23.5 Å². The third-order valence-electron chi connectivity index (χ3n) is 3.64. The first-order chi connectivity index (χ1) is 11.1. The van der Waals surface area contributed by atoms with Crippen molar-refractivity contribution in [3.05, 3.63) is 40.2 Å². The zero-order valence-electron chi connectivity index (χ0n) is 12.8. The maximum absolute atomic E-state index is 10.7. The Kier molecular flexibility index (Phi) is 4.30. The summed E-state index contributed by atoms with van der Waals surface area (Å²) in [5.41, 5.74) is 0.902. The first kappa shape index (κ1) is 15.5. The lowest BCUT2D eigenvalue weighted by Crippen LogP contribution is -2.23. The van der Waals surface area contributed by atoms with Gasteiger partial charge in [-0.15, -0.1) is 10.2 Å². The Hall–Kier alpha value is -2.39. The van der Waals surface area contributed by atoms with Crippen LogP contribution in [-0.4, -0.2) is 42.7 Å². The van der Waals surface area contributed by atoms with Crippen LogP contribution in [0.15, 0.2) is 24.3 Å². The van der Waals surface area contributed by atoms with Crippen LogP contribution in [-0.2, 0) is 6.54 Å². The van der Waals surface area contributed by atoms with Crippen LogP contribution < -0.4 is 0 Å². The predicted octanol–water partition coefficient (Wildman–Crippen LogP) is 2.60. The molecule has 0 N–H and O–H groups in total. The first-order valence-electron chi connectivity index (χ1n) is 7.30. The molecule has 120 valence electrons. The summed E-state index contributed by atoms with van der Waals surface area (Å²) in [6.07, 6.45) is 0. The second kappa shape index (κ2) is 6.39. The molecule has 0 radical (unpaired) electrons. The molecule has 0 unspecified atom stereocenters. The van der Waals surface area contributed by atoms with E-state index in [4.69, 9.17) is 0 Å². The normalized spacial score (nSPS) is 11.4. The number of hydrogen-bond acceptors (Lipinski definition) is 7. The van der Waals surface area contributed by atoms with Crippen molar-refractivity contribution in [2.45, 2.75) is 20.4 Å². The van der Waals surface area contributed by atoms with Gasteiger partial charge in [0.2, 0.25) is 4.96 Å². The van der Waals surface area contributed by atoms with Crippen LogP contribution in [0.1, 0.15) is 19.7 Å². The van der Waals surface area contributed by atoms with Crippen molar-refractivity contribution in [2.75, 3.05) is 13.1 Å². The molecule has 0 spiro atoms. The van der Waals surface area contributed by atoms with Crippen molar-refractivity contribution in [1.29, 1.82) is 0 Å². The Morgan fingerprint density at radius 3 is 2.52 bits per heavy atom. The van der Waals surface area contributed by atoms with Gasteiger partial charge in [0, 0.05) is 17.7 Å². The lowest BCUT2D eigenvalue weighted by molar-refractivity contribution is -0.384. The van der Waals surface area contributed by atoms with E-state index in [0.717, 1.165) is 34.4 Å². The molecule has 0 saturated carbocycles. The molecule has 0 amide bonds. The van der Waals surface area contributed by atoms with Gasteiger partial charge in [-0.2, -0.15) is 9.61 Å². The molecule has 23 heavy (non-hydrogen) atoms. The van der Waals surface area contributed by atoms with Gasteiger partial charge in [0.25, 0.3) is 5.69 Å². The molecule has 0 fully saturated rings. The fourth-order valence-electron chi connectivity index (χ4n) is 2.25. The molecule has 1 aromatic carbocycles. The summed E-state index contributed by atoms with van der Waals surface area (Å²) < 4.78 is 1.75. The maximum Gasteiger partial charge on any atom is 0.269 e. The number of non-ortho nitro benzene ring substituents is 1. The molecule has 2 aromatic heterocycles. The van der Waals surface area contributed by atoms with E-state index < -0.39 is 4.92 Å². The minimum Gasteiger partial charge on any atom is -0.296 e. The number of nitro groups is 1. The number of nitro benzene ring substituents is 1. The molecule has 8 nitrogen and oxygen atoms in total. The molecule has 9 heteroatoms. The number of hydrogen-bond donors (Lipinski definition) is 0. The topological polar surface area (TPSA) is 89.5 Å². The number of rotatable bonds is 6. The average molecular weight is 332 g/mol. The van der Waals surface area contributed by atoms with Crippen LogP contribution in [0.5, 0.6) is 0 Å². The van der Waals surface area contributed by atoms with Gasteiger partial charge in [0.15, 0.2) is 5.82 Å². The fourth-order valence-corrected chi connectivity index (χ4v) is 3.11. The summed E-state index contributed by atoms with van der Waals surface area (Å²) >= 11 is 1.42. The van der Waals surface area contributed by atoms with E-state index in [2.05, 4.69) is 34.0 Å². The number of benzene rings is 1. The van der Waals surface area contributed by atoms with Gasteiger partial charge < -0.3 is 0 Å². The van der Waals surface area contributed by atoms with Crippen LogP contribution in [0, 0.1) is 10.1 Å². The largest absolute Gasteiger partial charge is 0.296 e. The highest BCUT2D eigenvalue weighted by Gasteiger charge is 2.15. The summed E-state index contributed by atoms with van der Waals surface area (Å²) in [6.45, 7) is 6.77. The second-order valence-corrected chi connectivity index (χ2v) is 5.94.